The highest BCUT2D eigenvalue weighted by Crippen LogP contribution is 2.27. The molecule has 1 amide bonds. The summed E-state index contributed by atoms with van der Waals surface area (Å²) in [7, 11) is 0. The summed E-state index contributed by atoms with van der Waals surface area (Å²) in [5.41, 5.74) is 3.99. The Bertz CT molecular complexity index is 621. The first-order chi connectivity index (χ1) is 12.3. The van der Waals surface area contributed by atoms with Crippen molar-refractivity contribution in [2.45, 2.75) is 51.4 Å². The molecule has 0 bridgehead atoms. The van der Waals surface area contributed by atoms with E-state index in [1.807, 2.05) is 6.07 Å². The van der Waals surface area contributed by atoms with E-state index in [1.165, 1.54) is 29.5 Å². The first-order valence-electron chi connectivity index (χ1n) is 9.71. The van der Waals surface area contributed by atoms with Gasteiger partial charge in [0.15, 0.2) is 0 Å². The van der Waals surface area contributed by atoms with Gasteiger partial charge in [0, 0.05) is 17.5 Å². The Kier molecular flexibility index (Phi) is 6.94. The molecule has 0 aromatic heterocycles. The molecule has 3 rings (SSSR count). The van der Waals surface area contributed by atoms with Crippen LogP contribution in [0.4, 0.5) is 0 Å². The quantitative estimate of drug-likeness (QED) is 0.749. The lowest BCUT2D eigenvalue weighted by Crippen LogP contribution is -2.29. The van der Waals surface area contributed by atoms with E-state index in [2.05, 4.69) is 28.9 Å². The molecule has 4 heteroatoms. The average Bonchev–Trinajstić information content (AvgIpc) is 3.05. The number of carbonyl (C=O) groups is 1. The lowest BCUT2D eigenvalue weighted by atomic mass is 9.96. The van der Waals surface area contributed by atoms with Crippen LogP contribution in [0.2, 0.25) is 5.02 Å². The molecular formula is C21H29ClN2O. The van der Waals surface area contributed by atoms with Crippen LogP contribution in [0.15, 0.2) is 18.2 Å². The van der Waals surface area contributed by atoms with E-state index >= 15 is 0 Å². The Morgan fingerprint density at radius 3 is 2.88 bits per heavy atom. The van der Waals surface area contributed by atoms with Crippen LogP contribution in [0, 0.1) is 5.92 Å². The van der Waals surface area contributed by atoms with Gasteiger partial charge in [0.2, 0.25) is 5.91 Å². The molecule has 0 unspecified atom stereocenters. The summed E-state index contributed by atoms with van der Waals surface area (Å²) in [6.07, 6.45) is 13.0. The van der Waals surface area contributed by atoms with Crippen LogP contribution in [-0.2, 0) is 17.6 Å². The molecule has 2 N–H and O–H groups in total. The summed E-state index contributed by atoms with van der Waals surface area (Å²) in [4.78, 5) is 12.0. The molecule has 0 spiro atoms. The fraction of sp³-hybridized carbons (Fsp3) is 0.571. The predicted octanol–water partition coefficient (Wildman–Crippen LogP) is 4.13. The summed E-state index contributed by atoms with van der Waals surface area (Å²) in [5.74, 6) is 0.521. The van der Waals surface area contributed by atoms with E-state index in [0.29, 0.717) is 0 Å². The van der Waals surface area contributed by atoms with Crippen molar-refractivity contribution in [3.8, 4) is 0 Å². The molecule has 0 radical (unpaired) electrons. The minimum absolute atomic E-state index is 0.255. The molecule has 1 heterocycles. The number of halogens is 1. The monoisotopic (exact) mass is 360 g/mol. The maximum Gasteiger partial charge on any atom is 0.223 e. The number of rotatable bonds is 6. The number of hydrogen-bond acceptors (Lipinski definition) is 2. The maximum absolute atomic E-state index is 12.0. The molecule has 1 aliphatic heterocycles. The van der Waals surface area contributed by atoms with Crippen LogP contribution < -0.4 is 10.6 Å². The average molecular weight is 361 g/mol. The van der Waals surface area contributed by atoms with Gasteiger partial charge in [-0.2, -0.15) is 0 Å². The standard InChI is InChI=1S/C21H29ClN2O/c22-20-10-9-16-11-14-23-15-12-18(16)19(20)8-2-1-5-13-24-21(25)17-6-3-4-7-17/h2,8-10,17,23H,1,3-7,11-15H2,(H,24,25)/b8-2+. The number of amides is 1. The molecule has 1 aromatic carbocycles. The smallest absolute Gasteiger partial charge is 0.223 e. The number of carbonyl (C=O) groups excluding carboxylic acids is 1. The first kappa shape index (κ1) is 18.5. The van der Waals surface area contributed by atoms with Crippen LogP contribution in [0.3, 0.4) is 0 Å². The number of hydrogen-bond donors (Lipinski definition) is 2. The summed E-state index contributed by atoms with van der Waals surface area (Å²) in [6.45, 7) is 2.82. The third-order valence-electron chi connectivity index (χ3n) is 5.38. The largest absolute Gasteiger partial charge is 0.356 e. The van der Waals surface area contributed by atoms with Gasteiger partial charge in [-0.15, -0.1) is 0 Å². The van der Waals surface area contributed by atoms with E-state index in [-0.39, 0.29) is 11.8 Å². The molecular weight excluding hydrogens is 332 g/mol. The van der Waals surface area contributed by atoms with E-state index in [4.69, 9.17) is 11.6 Å². The zero-order valence-electron chi connectivity index (χ0n) is 15.0. The third kappa shape index (κ3) is 5.08. The highest BCUT2D eigenvalue weighted by molar-refractivity contribution is 6.32. The molecule has 1 aliphatic carbocycles. The second-order valence-corrected chi connectivity index (χ2v) is 7.57. The Hall–Kier alpha value is -1.32. The van der Waals surface area contributed by atoms with Crippen LogP contribution in [0.25, 0.3) is 6.08 Å². The zero-order chi connectivity index (χ0) is 17.5. The van der Waals surface area contributed by atoms with Gasteiger partial charge in [-0.05, 0) is 74.4 Å². The molecule has 1 saturated carbocycles. The normalized spacial score (nSPS) is 18.3. The van der Waals surface area contributed by atoms with Gasteiger partial charge in [-0.25, -0.2) is 0 Å². The summed E-state index contributed by atoms with van der Waals surface area (Å²) in [6, 6.07) is 4.19. The van der Waals surface area contributed by atoms with Crippen LogP contribution in [0.1, 0.15) is 55.2 Å². The molecule has 1 aromatic rings. The Morgan fingerprint density at radius 1 is 1.24 bits per heavy atom. The summed E-state index contributed by atoms with van der Waals surface area (Å²) in [5, 5.41) is 7.38. The van der Waals surface area contributed by atoms with Gasteiger partial charge in [0.05, 0.1) is 0 Å². The second kappa shape index (κ2) is 9.40. The van der Waals surface area contributed by atoms with Crippen molar-refractivity contribution in [3.63, 3.8) is 0 Å². The highest BCUT2D eigenvalue weighted by Gasteiger charge is 2.21. The molecule has 0 atom stereocenters. The van der Waals surface area contributed by atoms with Gasteiger partial charge in [-0.1, -0.05) is 42.7 Å². The van der Waals surface area contributed by atoms with E-state index in [0.717, 1.165) is 63.2 Å². The summed E-state index contributed by atoms with van der Waals surface area (Å²) < 4.78 is 0. The SMILES string of the molecule is O=C(NCCC/C=C/c1c(Cl)ccc2c1CCNCC2)C1CCCC1. The Balaban J connectivity index is 1.48. The topological polar surface area (TPSA) is 41.1 Å². The second-order valence-electron chi connectivity index (χ2n) is 7.17. The van der Waals surface area contributed by atoms with Gasteiger partial charge < -0.3 is 10.6 Å². The summed E-state index contributed by atoms with van der Waals surface area (Å²) >= 11 is 6.44. The Morgan fingerprint density at radius 2 is 2.04 bits per heavy atom. The van der Waals surface area contributed by atoms with E-state index in [9.17, 15) is 4.79 Å². The van der Waals surface area contributed by atoms with E-state index in [1.54, 1.807) is 0 Å². The van der Waals surface area contributed by atoms with E-state index < -0.39 is 0 Å². The minimum Gasteiger partial charge on any atom is -0.356 e. The molecule has 2 aliphatic rings. The molecule has 136 valence electrons. The van der Waals surface area contributed by atoms with Gasteiger partial charge >= 0.3 is 0 Å². The fourth-order valence-electron chi connectivity index (χ4n) is 3.92. The molecule has 0 saturated heterocycles. The van der Waals surface area contributed by atoms with Crippen molar-refractivity contribution >= 4 is 23.6 Å². The number of allylic oxidation sites excluding steroid dienone is 1. The predicted molar refractivity (Wildman–Crippen MR) is 105 cm³/mol. The van der Waals surface area contributed by atoms with Crippen LogP contribution in [-0.4, -0.2) is 25.5 Å². The molecule has 25 heavy (non-hydrogen) atoms. The Labute approximate surface area is 156 Å². The maximum atomic E-state index is 12.0. The van der Waals surface area contributed by atoms with Crippen LogP contribution in [0.5, 0.6) is 0 Å². The van der Waals surface area contributed by atoms with Gasteiger partial charge in [0.1, 0.15) is 0 Å². The lowest BCUT2D eigenvalue weighted by molar-refractivity contribution is -0.124. The molecule has 1 fully saturated rings. The number of benzene rings is 1. The van der Waals surface area contributed by atoms with Crippen molar-refractivity contribution in [3.05, 3.63) is 39.9 Å². The van der Waals surface area contributed by atoms with Crippen LogP contribution >= 0.6 is 11.6 Å². The van der Waals surface area contributed by atoms with Crippen molar-refractivity contribution in [2.75, 3.05) is 19.6 Å². The van der Waals surface area contributed by atoms with Crippen molar-refractivity contribution in [2.24, 2.45) is 5.92 Å². The number of nitrogens with one attached hydrogen (secondary N) is 2. The first-order valence-corrected chi connectivity index (χ1v) is 10.1. The highest BCUT2D eigenvalue weighted by atomic mass is 35.5. The lowest BCUT2D eigenvalue weighted by Gasteiger charge is -2.11. The number of unbranched alkanes of at least 4 members (excludes halogenated alkanes) is 1. The fourth-order valence-corrected chi connectivity index (χ4v) is 4.16. The van der Waals surface area contributed by atoms with Crippen molar-refractivity contribution in [1.82, 2.24) is 10.6 Å². The number of fused-ring (bicyclic) bond motifs is 1. The van der Waals surface area contributed by atoms with Gasteiger partial charge in [-0.3, -0.25) is 4.79 Å². The van der Waals surface area contributed by atoms with Crippen molar-refractivity contribution in [1.29, 1.82) is 0 Å². The van der Waals surface area contributed by atoms with Gasteiger partial charge in [0.25, 0.3) is 0 Å². The minimum atomic E-state index is 0.255. The zero-order valence-corrected chi connectivity index (χ0v) is 15.7. The van der Waals surface area contributed by atoms with Crippen molar-refractivity contribution < 1.29 is 4.79 Å². The molecule has 3 nitrogen and oxygen atoms in total. The third-order valence-corrected chi connectivity index (χ3v) is 5.71.